The molecule has 0 saturated carbocycles. The van der Waals surface area contributed by atoms with E-state index in [1.807, 2.05) is 0 Å². The molecule has 1 N–H and O–H groups in total. The summed E-state index contributed by atoms with van der Waals surface area (Å²) in [6.45, 7) is 2.72. The summed E-state index contributed by atoms with van der Waals surface area (Å²) in [5.41, 5.74) is 0.685. The normalized spacial score (nSPS) is 15.4. The van der Waals surface area contributed by atoms with Gasteiger partial charge in [0.05, 0.1) is 43.6 Å². The summed E-state index contributed by atoms with van der Waals surface area (Å²) >= 11 is 0. The molecule has 1 aliphatic heterocycles. The van der Waals surface area contributed by atoms with Gasteiger partial charge in [0.15, 0.2) is 23.6 Å². The third-order valence-corrected chi connectivity index (χ3v) is 5.44. The molecule has 1 aliphatic rings. The van der Waals surface area contributed by atoms with Crippen molar-refractivity contribution in [1.29, 1.82) is 0 Å². The van der Waals surface area contributed by atoms with Crippen LogP contribution in [0, 0.1) is 18.6 Å². The average Bonchev–Trinajstić information content (AvgIpc) is 2.91. The van der Waals surface area contributed by atoms with Crippen LogP contribution in [0.1, 0.15) is 30.4 Å². The molecular weight excluding hydrogens is 474 g/mol. The van der Waals surface area contributed by atoms with Crippen LogP contribution in [0.2, 0.25) is 0 Å². The van der Waals surface area contributed by atoms with E-state index in [0.717, 1.165) is 25.9 Å². The van der Waals surface area contributed by atoms with E-state index in [4.69, 9.17) is 23.7 Å². The first-order valence-corrected chi connectivity index (χ1v) is 11.6. The van der Waals surface area contributed by atoms with Gasteiger partial charge in [-0.15, -0.1) is 0 Å². The second-order valence-electron chi connectivity index (χ2n) is 8.06. The van der Waals surface area contributed by atoms with Gasteiger partial charge in [-0.1, -0.05) is 0 Å². The molecule has 2 aromatic heterocycles. The fourth-order valence-electron chi connectivity index (χ4n) is 3.53. The van der Waals surface area contributed by atoms with E-state index in [-0.39, 0.29) is 35.5 Å². The maximum atomic E-state index is 14.4. The number of rotatable bonds is 11. The van der Waals surface area contributed by atoms with Crippen molar-refractivity contribution in [2.75, 3.05) is 32.2 Å². The standard InChI is InChI=1S/C25H28F2N4O5/c1-16-11-20(32-2)24(27)19(23(16)26)15-36-18-13-29-25(30-14-18)31-17-6-7-21(28-12-17)33-9-10-35-22-5-3-4-8-34-22/h6-7,11-14,22H,3-5,8-10,15H2,1-2H3,(H,29,30,31). The van der Waals surface area contributed by atoms with Gasteiger partial charge in [0.2, 0.25) is 11.8 Å². The molecule has 0 amide bonds. The van der Waals surface area contributed by atoms with Crippen LogP contribution < -0.4 is 19.5 Å². The lowest BCUT2D eigenvalue weighted by atomic mass is 10.1. The number of methoxy groups -OCH3 is 1. The van der Waals surface area contributed by atoms with Crippen molar-refractivity contribution in [3.63, 3.8) is 0 Å². The van der Waals surface area contributed by atoms with Gasteiger partial charge in [0, 0.05) is 12.7 Å². The van der Waals surface area contributed by atoms with Gasteiger partial charge in [-0.25, -0.2) is 23.7 Å². The van der Waals surface area contributed by atoms with Gasteiger partial charge >= 0.3 is 0 Å². The number of aromatic nitrogens is 3. The summed E-state index contributed by atoms with van der Waals surface area (Å²) in [4.78, 5) is 12.6. The zero-order valence-electron chi connectivity index (χ0n) is 20.1. The topological polar surface area (TPSA) is 96.9 Å². The Balaban J connectivity index is 1.24. The highest BCUT2D eigenvalue weighted by molar-refractivity contribution is 5.52. The summed E-state index contributed by atoms with van der Waals surface area (Å²) in [6.07, 6.45) is 7.35. The van der Waals surface area contributed by atoms with E-state index >= 15 is 0 Å². The Morgan fingerprint density at radius 1 is 1.03 bits per heavy atom. The van der Waals surface area contributed by atoms with E-state index in [2.05, 4.69) is 20.3 Å². The van der Waals surface area contributed by atoms with Crippen molar-refractivity contribution in [3.8, 4) is 17.4 Å². The van der Waals surface area contributed by atoms with Crippen LogP contribution in [0.3, 0.4) is 0 Å². The first kappa shape index (κ1) is 25.5. The van der Waals surface area contributed by atoms with Crippen molar-refractivity contribution >= 4 is 11.6 Å². The van der Waals surface area contributed by atoms with E-state index < -0.39 is 11.6 Å². The quantitative estimate of drug-likeness (QED) is 0.374. The van der Waals surface area contributed by atoms with E-state index in [1.54, 1.807) is 18.3 Å². The predicted molar refractivity (Wildman–Crippen MR) is 127 cm³/mol. The highest BCUT2D eigenvalue weighted by atomic mass is 19.1. The number of nitrogens with one attached hydrogen (secondary N) is 1. The third kappa shape index (κ3) is 6.76. The Morgan fingerprint density at radius 2 is 1.86 bits per heavy atom. The van der Waals surface area contributed by atoms with E-state index in [0.29, 0.717) is 30.7 Å². The number of nitrogens with zero attached hydrogens (tertiary/aromatic N) is 3. The fourth-order valence-corrected chi connectivity index (χ4v) is 3.53. The van der Waals surface area contributed by atoms with Crippen molar-refractivity contribution in [1.82, 2.24) is 15.0 Å². The molecule has 1 unspecified atom stereocenters. The molecule has 1 atom stereocenters. The summed E-state index contributed by atoms with van der Waals surface area (Å²) in [7, 11) is 1.32. The second-order valence-corrected chi connectivity index (χ2v) is 8.06. The molecule has 3 heterocycles. The van der Waals surface area contributed by atoms with Gasteiger partial charge < -0.3 is 29.0 Å². The van der Waals surface area contributed by atoms with Crippen LogP contribution in [0.25, 0.3) is 0 Å². The van der Waals surface area contributed by atoms with Crippen molar-refractivity contribution in [2.45, 2.75) is 39.1 Å². The molecule has 1 aromatic carbocycles. The van der Waals surface area contributed by atoms with Crippen LogP contribution in [-0.2, 0) is 16.1 Å². The number of halogens is 2. The minimum absolute atomic E-state index is 0.0456. The van der Waals surface area contributed by atoms with Crippen LogP contribution in [-0.4, -0.2) is 48.2 Å². The molecule has 1 saturated heterocycles. The summed E-state index contributed by atoms with van der Waals surface area (Å²) < 4.78 is 55.9. The lowest BCUT2D eigenvalue weighted by molar-refractivity contribution is -0.165. The van der Waals surface area contributed by atoms with Gasteiger partial charge in [-0.2, -0.15) is 0 Å². The van der Waals surface area contributed by atoms with Crippen molar-refractivity contribution in [2.24, 2.45) is 0 Å². The lowest BCUT2D eigenvalue weighted by Crippen LogP contribution is -2.24. The molecule has 36 heavy (non-hydrogen) atoms. The Labute approximate surface area is 207 Å². The highest BCUT2D eigenvalue weighted by Crippen LogP contribution is 2.27. The molecule has 0 radical (unpaired) electrons. The zero-order valence-corrected chi connectivity index (χ0v) is 20.1. The number of pyridine rings is 1. The number of ether oxygens (including phenoxy) is 5. The monoisotopic (exact) mass is 502 g/mol. The fraction of sp³-hybridized carbons (Fsp3) is 0.400. The summed E-state index contributed by atoms with van der Waals surface area (Å²) in [6, 6.07) is 4.79. The Morgan fingerprint density at radius 3 is 2.56 bits per heavy atom. The molecule has 4 rings (SSSR count). The largest absolute Gasteiger partial charge is 0.494 e. The average molecular weight is 503 g/mol. The first-order valence-electron chi connectivity index (χ1n) is 11.6. The Bertz CT molecular complexity index is 1130. The van der Waals surface area contributed by atoms with Gasteiger partial charge in [-0.05, 0) is 43.9 Å². The molecule has 11 heteroatoms. The number of anilines is 2. The predicted octanol–water partition coefficient (Wildman–Crippen LogP) is 4.71. The van der Waals surface area contributed by atoms with E-state index in [9.17, 15) is 8.78 Å². The van der Waals surface area contributed by atoms with Crippen LogP contribution >= 0.6 is 0 Å². The molecule has 192 valence electrons. The molecular formula is C25H28F2N4O5. The lowest BCUT2D eigenvalue weighted by Gasteiger charge is -2.22. The van der Waals surface area contributed by atoms with Gasteiger partial charge in [-0.3, -0.25) is 0 Å². The smallest absolute Gasteiger partial charge is 0.227 e. The van der Waals surface area contributed by atoms with Crippen molar-refractivity contribution < 1.29 is 32.5 Å². The Hall–Kier alpha value is -3.57. The number of benzene rings is 1. The minimum atomic E-state index is -0.800. The summed E-state index contributed by atoms with van der Waals surface area (Å²) in [5.74, 6) is -0.513. The molecule has 1 fully saturated rings. The molecule has 0 bridgehead atoms. The number of aryl methyl sites for hydroxylation is 1. The van der Waals surface area contributed by atoms with Crippen LogP contribution in [0.15, 0.2) is 36.8 Å². The summed E-state index contributed by atoms with van der Waals surface area (Å²) in [5, 5.41) is 3.01. The van der Waals surface area contributed by atoms with Crippen LogP contribution in [0.5, 0.6) is 17.4 Å². The van der Waals surface area contributed by atoms with Gasteiger partial charge in [0.1, 0.15) is 19.0 Å². The SMILES string of the molecule is COc1cc(C)c(F)c(COc2cnc(Nc3ccc(OCCOC4CCCCO4)nc3)nc2)c1F. The first-order chi connectivity index (χ1) is 17.5. The minimum Gasteiger partial charge on any atom is -0.494 e. The Kier molecular flexibility index (Phi) is 8.80. The number of hydrogen-bond acceptors (Lipinski definition) is 9. The van der Waals surface area contributed by atoms with Crippen LogP contribution in [0.4, 0.5) is 20.4 Å². The maximum Gasteiger partial charge on any atom is 0.227 e. The van der Waals surface area contributed by atoms with Gasteiger partial charge in [0.25, 0.3) is 0 Å². The molecule has 3 aromatic rings. The number of hydrogen-bond donors (Lipinski definition) is 1. The van der Waals surface area contributed by atoms with E-state index in [1.165, 1.54) is 32.5 Å². The molecule has 9 nitrogen and oxygen atoms in total. The maximum absolute atomic E-state index is 14.4. The second kappa shape index (κ2) is 12.4. The third-order valence-electron chi connectivity index (χ3n) is 5.44. The highest BCUT2D eigenvalue weighted by Gasteiger charge is 2.18. The zero-order chi connectivity index (χ0) is 25.3. The van der Waals surface area contributed by atoms with Crippen molar-refractivity contribution in [3.05, 3.63) is 59.6 Å². The molecule has 0 spiro atoms. The molecule has 0 aliphatic carbocycles.